The van der Waals surface area contributed by atoms with Crippen molar-refractivity contribution in [2.75, 3.05) is 0 Å². The number of benzene rings is 1. The lowest BCUT2D eigenvalue weighted by Crippen LogP contribution is -2.41. The normalized spacial score (nSPS) is 15.2. The number of amides is 1. The first kappa shape index (κ1) is 17.2. The Morgan fingerprint density at radius 1 is 1.28 bits per heavy atom. The van der Waals surface area contributed by atoms with Crippen molar-refractivity contribution in [3.63, 3.8) is 0 Å². The van der Waals surface area contributed by atoms with Gasteiger partial charge in [-0.15, -0.1) is 0 Å². The number of rotatable bonds is 7. The molecular formula is C19H23N3O3. The van der Waals surface area contributed by atoms with Crippen LogP contribution in [-0.4, -0.2) is 32.8 Å². The summed E-state index contributed by atoms with van der Waals surface area (Å²) >= 11 is 0. The first-order valence-electron chi connectivity index (χ1n) is 8.64. The molecular weight excluding hydrogens is 318 g/mol. The maximum absolute atomic E-state index is 12.7. The maximum atomic E-state index is 12.7. The van der Waals surface area contributed by atoms with Crippen molar-refractivity contribution in [3.05, 3.63) is 47.8 Å². The first-order valence-corrected chi connectivity index (χ1v) is 8.64. The average Bonchev–Trinajstić information content (AvgIpc) is 3.32. The number of hydrogen-bond acceptors (Lipinski definition) is 3. The standard InChI is InChI=1S/C19H23N3O3/c1-12(2)10-16(19(24)25)21-18(23)15-11-20-22(17(15)13-8-9-13)14-6-4-3-5-7-14/h3-7,11-13,16H,8-10H2,1-2H3,(H,21,23)(H,24,25)/t16-/m1/s1. The number of aromatic nitrogens is 2. The van der Waals surface area contributed by atoms with E-state index in [1.165, 1.54) is 0 Å². The molecule has 1 atom stereocenters. The Morgan fingerprint density at radius 3 is 2.52 bits per heavy atom. The second-order valence-corrected chi connectivity index (χ2v) is 6.96. The fourth-order valence-corrected chi connectivity index (χ4v) is 2.99. The van der Waals surface area contributed by atoms with Gasteiger partial charge in [0.1, 0.15) is 6.04 Å². The molecule has 1 fully saturated rings. The van der Waals surface area contributed by atoms with E-state index in [9.17, 15) is 14.7 Å². The lowest BCUT2D eigenvalue weighted by Gasteiger charge is -2.16. The molecule has 1 saturated carbocycles. The zero-order valence-corrected chi connectivity index (χ0v) is 14.5. The third kappa shape index (κ3) is 3.90. The number of carbonyl (C=O) groups excluding carboxylic acids is 1. The topological polar surface area (TPSA) is 84.2 Å². The summed E-state index contributed by atoms with van der Waals surface area (Å²) in [6.45, 7) is 3.87. The molecule has 2 aromatic rings. The number of carboxylic acid groups (broad SMARTS) is 1. The van der Waals surface area contributed by atoms with E-state index in [1.807, 2.05) is 44.2 Å². The lowest BCUT2D eigenvalue weighted by molar-refractivity contribution is -0.139. The number of nitrogens with one attached hydrogen (secondary N) is 1. The molecule has 1 aliphatic rings. The molecule has 1 amide bonds. The van der Waals surface area contributed by atoms with Gasteiger partial charge in [0, 0.05) is 5.92 Å². The second-order valence-electron chi connectivity index (χ2n) is 6.96. The molecule has 1 aromatic heterocycles. The van der Waals surface area contributed by atoms with Crippen LogP contribution in [0.5, 0.6) is 0 Å². The molecule has 1 heterocycles. The van der Waals surface area contributed by atoms with Crippen LogP contribution in [0, 0.1) is 5.92 Å². The predicted octanol–water partition coefficient (Wildman–Crippen LogP) is 2.98. The van der Waals surface area contributed by atoms with E-state index in [0.29, 0.717) is 17.9 Å². The van der Waals surface area contributed by atoms with Gasteiger partial charge >= 0.3 is 5.97 Å². The summed E-state index contributed by atoms with van der Waals surface area (Å²) in [7, 11) is 0. The number of nitrogens with zero attached hydrogens (tertiary/aromatic N) is 2. The molecule has 6 nitrogen and oxygen atoms in total. The van der Waals surface area contributed by atoms with Gasteiger partial charge in [-0.1, -0.05) is 32.0 Å². The van der Waals surface area contributed by atoms with Crippen LogP contribution >= 0.6 is 0 Å². The third-order valence-electron chi connectivity index (χ3n) is 4.33. The second kappa shape index (κ2) is 7.09. The zero-order valence-electron chi connectivity index (χ0n) is 14.5. The van der Waals surface area contributed by atoms with Crippen molar-refractivity contribution in [1.29, 1.82) is 0 Å². The number of aliphatic carboxylic acids is 1. The summed E-state index contributed by atoms with van der Waals surface area (Å²) < 4.78 is 1.80. The van der Waals surface area contributed by atoms with Crippen molar-refractivity contribution < 1.29 is 14.7 Å². The highest BCUT2D eigenvalue weighted by atomic mass is 16.4. The summed E-state index contributed by atoms with van der Waals surface area (Å²) in [6, 6.07) is 8.78. The van der Waals surface area contributed by atoms with Gasteiger partial charge in [0.05, 0.1) is 23.1 Å². The minimum atomic E-state index is -1.01. The van der Waals surface area contributed by atoms with Crippen molar-refractivity contribution >= 4 is 11.9 Å². The highest BCUT2D eigenvalue weighted by Crippen LogP contribution is 2.42. The van der Waals surface area contributed by atoms with Crippen LogP contribution in [0.3, 0.4) is 0 Å². The monoisotopic (exact) mass is 341 g/mol. The molecule has 1 aromatic carbocycles. The summed E-state index contributed by atoms with van der Waals surface area (Å²) in [5, 5.41) is 16.4. The Hall–Kier alpha value is -2.63. The van der Waals surface area contributed by atoms with Crippen LogP contribution in [0.25, 0.3) is 5.69 Å². The Kier molecular flexibility index (Phi) is 4.88. The van der Waals surface area contributed by atoms with Crippen LogP contribution in [0.2, 0.25) is 0 Å². The molecule has 1 aliphatic carbocycles. The number of carbonyl (C=O) groups is 2. The van der Waals surface area contributed by atoms with Crippen LogP contribution in [-0.2, 0) is 4.79 Å². The quantitative estimate of drug-likeness (QED) is 0.811. The molecule has 0 spiro atoms. The molecule has 0 saturated heterocycles. The molecule has 2 N–H and O–H groups in total. The van der Waals surface area contributed by atoms with E-state index in [4.69, 9.17) is 0 Å². The van der Waals surface area contributed by atoms with E-state index in [1.54, 1.807) is 10.9 Å². The first-order chi connectivity index (χ1) is 12.0. The summed E-state index contributed by atoms with van der Waals surface area (Å²) in [5.74, 6) is -0.893. The van der Waals surface area contributed by atoms with Crippen LogP contribution in [0.15, 0.2) is 36.5 Å². The predicted molar refractivity (Wildman–Crippen MR) is 93.9 cm³/mol. The van der Waals surface area contributed by atoms with E-state index in [-0.39, 0.29) is 11.8 Å². The van der Waals surface area contributed by atoms with Gasteiger partial charge in [-0.2, -0.15) is 5.10 Å². The number of carboxylic acids is 1. The Balaban J connectivity index is 1.88. The molecule has 0 unspecified atom stereocenters. The largest absolute Gasteiger partial charge is 0.480 e. The van der Waals surface area contributed by atoms with Crippen LogP contribution in [0.4, 0.5) is 0 Å². The number of para-hydroxylation sites is 1. The molecule has 6 heteroatoms. The van der Waals surface area contributed by atoms with Crippen molar-refractivity contribution in [3.8, 4) is 5.69 Å². The van der Waals surface area contributed by atoms with Gasteiger partial charge in [0.15, 0.2) is 0 Å². The SMILES string of the molecule is CC(C)C[C@@H](NC(=O)c1cnn(-c2ccccc2)c1C1CC1)C(=O)O. The van der Waals surface area contributed by atoms with Gasteiger partial charge in [-0.05, 0) is 37.3 Å². The van der Waals surface area contributed by atoms with Crippen molar-refractivity contribution in [2.45, 2.75) is 45.1 Å². The van der Waals surface area contributed by atoms with Gasteiger partial charge in [0.2, 0.25) is 0 Å². The Morgan fingerprint density at radius 2 is 1.96 bits per heavy atom. The fraction of sp³-hybridized carbons (Fsp3) is 0.421. The van der Waals surface area contributed by atoms with E-state index < -0.39 is 12.0 Å². The molecule has 132 valence electrons. The highest BCUT2D eigenvalue weighted by Gasteiger charge is 2.34. The minimum absolute atomic E-state index is 0.177. The van der Waals surface area contributed by atoms with Gasteiger partial charge in [0.25, 0.3) is 5.91 Å². The van der Waals surface area contributed by atoms with Gasteiger partial charge in [-0.25, -0.2) is 9.48 Å². The molecule has 0 aliphatic heterocycles. The fourth-order valence-electron chi connectivity index (χ4n) is 2.99. The smallest absolute Gasteiger partial charge is 0.326 e. The van der Waals surface area contributed by atoms with E-state index in [0.717, 1.165) is 24.2 Å². The summed E-state index contributed by atoms with van der Waals surface area (Å²) in [4.78, 5) is 24.1. The Bertz CT molecular complexity index is 763. The zero-order chi connectivity index (χ0) is 18.0. The van der Waals surface area contributed by atoms with Crippen LogP contribution in [0.1, 0.15) is 55.1 Å². The van der Waals surface area contributed by atoms with Crippen molar-refractivity contribution in [2.24, 2.45) is 5.92 Å². The van der Waals surface area contributed by atoms with E-state index in [2.05, 4.69) is 10.4 Å². The van der Waals surface area contributed by atoms with Crippen molar-refractivity contribution in [1.82, 2.24) is 15.1 Å². The number of hydrogen-bond donors (Lipinski definition) is 2. The summed E-state index contributed by atoms with van der Waals surface area (Å²) in [5.41, 5.74) is 2.25. The lowest BCUT2D eigenvalue weighted by atomic mass is 10.0. The molecule has 0 radical (unpaired) electrons. The third-order valence-corrected chi connectivity index (χ3v) is 4.33. The minimum Gasteiger partial charge on any atom is -0.480 e. The molecule has 3 rings (SSSR count). The Labute approximate surface area is 146 Å². The summed E-state index contributed by atoms with van der Waals surface area (Å²) in [6.07, 6.45) is 3.98. The molecule has 0 bridgehead atoms. The highest BCUT2D eigenvalue weighted by molar-refractivity contribution is 5.97. The van der Waals surface area contributed by atoms with E-state index >= 15 is 0 Å². The maximum Gasteiger partial charge on any atom is 0.326 e. The van der Waals surface area contributed by atoms with Gasteiger partial charge < -0.3 is 10.4 Å². The molecule has 25 heavy (non-hydrogen) atoms. The van der Waals surface area contributed by atoms with Gasteiger partial charge in [-0.3, -0.25) is 4.79 Å². The van der Waals surface area contributed by atoms with Crippen LogP contribution < -0.4 is 5.32 Å². The average molecular weight is 341 g/mol.